The van der Waals surface area contributed by atoms with E-state index in [0.29, 0.717) is 10.8 Å². The van der Waals surface area contributed by atoms with E-state index in [1.54, 1.807) is 12.1 Å². The highest BCUT2D eigenvalue weighted by Gasteiger charge is 2.12. The minimum atomic E-state index is -0.125. The number of aromatic nitrogens is 3. The molecule has 0 radical (unpaired) electrons. The number of amides is 1. The molecule has 0 aliphatic heterocycles. The molecule has 0 aliphatic rings. The van der Waals surface area contributed by atoms with Crippen molar-refractivity contribution in [2.75, 3.05) is 11.1 Å². The van der Waals surface area contributed by atoms with Gasteiger partial charge in [-0.25, -0.2) is 9.97 Å². The fraction of sp³-hybridized carbons (Fsp3) is 0.188. The lowest BCUT2D eigenvalue weighted by atomic mass is 10.3. The number of nitrogens with zero attached hydrogens (tertiary/aromatic N) is 3. The average Bonchev–Trinajstić information content (AvgIpc) is 2.92. The Morgan fingerprint density at radius 3 is 2.87 bits per heavy atom. The third-order valence-electron chi connectivity index (χ3n) is 3.26. The number of benzene rings is 1. The summed E-state index contributed by atoms with van der Waals surface area (Å²) in [5, 5.41) is 4.12. The van der Waals surface area contributed by atoms with Gasteiger partial charge in [0.15, 0.2) is 5.16 Å². The summed E-state index contributed by atoms with van der Waals surface area (Å²) in [6.07, 6.45) is 1.50. The van der Waals surface area contributed by atoms with Crippen molar-refractivity contribution < 1.29 is 4.79 Å². The SMILES string of the molecule is CCn1c(SCC(=O)Nc2ccc(Cl)cn2)nc2ccccc21. The number of pyridine rings is 1. The Labute approximate surface area is 143 Å². The van der Waals surface area contributed by atoms with Gasteiger partial charge in [0, 0.05) is 12.7 Å². The van der Waals surface area contributed by atoms with Gasteiger partial charge >= 0.3 is 0 Å². The molecule has 1 amide bonds. The molecule has 23 heavy (non-hydrogen) atoms. The highest BCUT2D eigenvalue weighted by Crippen LogP contribution is 2.24. The molecule has 7 heteroatoms. The van der Waals surface area contributed by atoms with Gasteiger partial charge in [0.25, 0.3) is 0 Å². The van der Waals surface area contributed by atoms with E-state index in [1.165, 1.54) is 18.0 Å². The van der Waals surface area contributed by atoms with Crippen LogP contribution in [0, 0.1) is 0 Å². The van der Waals surface area contributed by atoms with Crippen molar-refractivity contribution in [2.24, 2.45) is 0 Å². The summed E-state index contributed by atoms with van der Waals surface area (Å²) in [7, 11) is 0. The monoisotopic (exact) mass is 346 g/mol. The quantitative estimate of drug-likeness (QED) is 0.713. The molecular formula is C16H15ClN4OS. The van der Waals surface area contributed by atoms with Crippen LogP contribution in [-0.2, 0) is 11.3 Å². The minimum Gasteiger partial charge on any atom is -0.319 e. The van der Waals surface area contributed by atoms with E-state index in [4.69, 9.17) is 11.6 Å². The van der Waals surface area contributed by atoms with Crippen LogP contribution in [0.1, 0.15) is 6.92 Å². The lowest BCUT2D eigenvalue weighted by Gasteiger charge is -2.06. The number of anilines is 1. The van der Waals surface area contributed by atoms with Gasteiger partial charge in [-0.2, -0.15) is 0 Å². The molecule has 0 aliphatic carbocycles. The molecule has 3 rings (SSSR count). The zero-order valence-corrected chi connectivity index (χ0v) is 14.1. The molecule has 0 saturated heterocycles. The zero-order chi connectivity index (χ0) is 16.2. The molecular weight excluding hydrogens is 332 g/mol. The van der Waals surface area contributed by atoms with Crippen molar-refractivity contribution in [3.63, 3.8) is 0 Å². The zero-order valence-electron chi connectivity index (χ0n) is 12.5. The summed E-state index contributed by atoms with van der Waals surface area (Å²) in [5.41, 5.74) is 2.02. The van der Waals surface area contributed by atoms with Crippen molar-refractivity contribution in [1.82, 2.24) is 14.5 Å². The first kappa shape index (κ1) is 15.8. The van der Waals surface area contributed by atoms with Crippen LogP contribution in [-0.4, -0.2) is 26.2 Å². The summed E-state index contributed by atoms with van der Waals surface area (Å²) >= 11 is 7.18. The number of para-hydroxylation sites is 2. The molecule has 1 N–H and O–H groups in total. The maximum atomic E-state index is 12.0. The molecule has 0 atom stereocenters. The van der Waals surface area contributed by atoms with E-state index in [1.807, 2.05) is 24.3 Å². The topological polar surface area (TPSA) is 59.8 Å². The number of hydrogen-bond donors (Lipinski definition) is 1. The number of halogens is 1. The summed E-state index contributed by atoms with van der Waals surface area (Å²) in [5.74, 6) is 0.636. The molecule has 0 fully saturated rings. The van der Waals surface area contributed by atoms with Crippen LogP contribution in [0.4, 0.5) is 5.82 Å². The Morgan fingerprint density at radius 1 is 1.30 bits per heavy atom. The normalized spacial score (nSPS) is 10.9. The van der Waals surface area contributed by atoms with Crippen LogP contribution in [0.3, 0.4) is 0 Å². The van der Waals surface area contributed by atoms with Gasteiger partial charge in [-0.3, -0.25) is 4.79 Å². The average molecular weight is 347 g/mol. The molecule has 2 aromatic heterocycles. The fourth-order valence-electron chi connectivity index (χ4n) is 2.23. The van der Waals surface area contributed by atoms with Gasteiger partial charge in [0.2, 0.25) is 5.91 Å². The number of carbonyl (C=O) groups excluding carboxylic acids is 1. The van der Waals surface area contributed by atoms with E-state index in [9.17, 15) is 4.79 Å². The van der Waals surface area contributed by atoms with Gasteiger partial charge in [-0.15, -0.1) is 0 Å². The number of thioether (sulfide) groups is 1. The fourth-order valence-corrected chi connectivity index (χ4v) is 3.22. The molecule has 1 aromatic carbocycles. The smallest absolute Gasteiger partial charge is 0.236 e. The lowest BCUT2D eigenvalue weighted by Crippen LogP contribution is -2.15. The number of imidazole rings is 1. The Balaban J connectivity index is 1.68. The van der Waals surface area contributed by atoms with Crippen LogP contribution in [0.25, 0.3) is 11.0 Å². The van der Waals surface area contributed by atoms with Crippen molar-refractivity contribution in [1.29, 1.82) is 0 Å². The molecule has 5 nitrogen and oxygen atoms in total. The Morgan fingerprint density at radius 2 is 2.13 bits per heavy atom. The highest BCUT2D eigenvalue weighted by atomic mass is 35.5. The third kappa shape index (κ3) is 3.65. The Kier molecular flexibility index (Phi) is 4.83. The number of fused-ring (bicyclic) bond motifs is 1. The van der Waals surface area contributed by atoms with Crippen LogP contribution < -0.4 is 5.32 Å². The van der Waals surface area contributed by atoms with Crippen molar-refractivity contribution in [3.8, 4) is 0 Å². The molecule has 0 spiro atoms. The lowest BCUT2D eigenvalue weighted by molar-refractivity contribution is -0.113. The predicted octanol–water partition coefficient (Wildman–Crippen LogP) is 3.84. The Bertz CT molecular complexity index is 832. The van der Waals surface area contributed by atoms with Crippen molar-refractivity contribution >= 4 is 46.1 Å². The van der Waals surface area contributed by atoms with E-state index in [0.717, 1.165) is 22.7 Å². The number of rotatable bonds is 5. The number of nitrogens with one attached hydrogen (secondary N) is 1. The largest absolute Gasteiger partial charge is 0.319 e. The van der Waals surface area contributed by atoms with E-state index >= 15 is 0 Å². The minimum absolute atomic E-state index is 0.125. The van der Waals surface area contributed by atoms with E-state index in [-0.39, 0.29) is 11.7 Å². The van der Waals surface area contributed by atoms with Gasteiger partial charge in [-0.05, 0) is 31.2 Å². The summed E-state index contributed by atoms with van der Waals surface area (Å²) in [4.78, 5) is 20.7. The first-order valence-electron chi connectivity index (χ1n) is 7.17. The second-order valence-electron chi connectivity index (χ2n) is 4.83. The highest BCUT2D eigenvalue weighted by molar-refractivity contribution is 7.99. The van der Waals surface area contributed by atoms with Crippen molar-refractivity contribution in [3.05, 3.63) is 47.6 Å². The summed E-state index contributed by atoms with van der Waals surface area (Å²) < 4.78 is 2.10. The van der Waals surface area contributed by atoms with E-state index < -0.39 is 0 Å². The maximum Gasteiger partial charge on any atom is 0.236 e. The molecule has 0 unspecified atom stereocenters. The first-order chi connectivity index (χ1) is 11.2. The van der Waals surface area contributed by atoms with E-state index in [2.05, 4.69) is 26.8 Å². The number of aryl methyl sites for hydroxylation is 1. The van der Waals surface area contributed by atoms with Crippen LogP contribution in [0.5, 0.6) is 0 Å². The van der Waals surface area contributed by atoms with Crippen LogP contribution in [0.15, 0.2) is 47.8 Å². The molecule has 118 valence electrons. The molecule has 0 saturated carbocycles. The number of hydrogen-bond acceptors (Lipinski definition) is 4. The van der Waals surface area contributed by atoms with Crippen LogP contribution in [0.2, 0.25) is 5.02 Å². The number of carbonyl (C=O) groups is 1. The van der Waals surface area contributed by atoms with Crippen LogP contribution >= 0.6 is 23.4 Å². The second-order valence-corrected chi connectivity index (χ2v) is 6.20. The summed E-state index contributed by atoms with van der Waals surface area (Å²) in [6.45, 7) is 2.87. The van der Waals surface area contributed by atoms with Crippen molar-refractivity contribution in [2.45, 2.75) is 18.6 Å². The first-order valence-corrected chi connectivity index (χ1v) is 8.53. The second kappa shape index (κ2) is 7.02. The van der Waals surface area contributed by atoms with Gasteiger partial charge in [-0.1, -0.05) is 35.5 Å². The molecule has 2 heterocycles. The van der Waals surface area contributed by atoms with Gasteiger partial charge in [0.05, 0.1) is 21.8 Å². The summed E-state index contributed by atoms with van der Waals surface area (Å²) in [6, 6.07) is 11.3. The predicted molar refractivity (Wildman–Crippen MR) is 94.0 cm³/mol. The third-order valence-corrected chi connectivity index (χ3v) is 4.46. The molecule has 3 aromatic rings. The van der Waals surface area contributed by atoms with Gasteiger partial charge in [0.1, 0.15) is 5.82 Å². The maximum absolute atomic E-state index is 12.0. The van der Waals surface area contributed by atoms with Gasteiger partial charge < -0.3 is 9.88 Å². The standard InChI is InChI=1S/C16H15ClN4OS/c1-2-21-13-6-4-3-5-12(13)19-16(21)23-10-15(22)20-14-8-7-11(17)9-18-14/h3-9H,2,10H2,1H3,(H,18,20,22). The Hall–Kier alpha value is -2.05. The molecule has 0 bridgehead atoms.